The zero-order valence-corrected chi connectivity index (χ0v) is 8.22. The number of rotatable bonds is 3. The Labute approximate surface area is 81.4 Å². The summed E-state index contributed by atoms with van der Waals surface area (Å²) >= 11 is 1.60. The first-order chi connectivity index (χ1) is 6.38. The Balaban J connectivity index is 1.92. The van der Waals surface area contributed by atoms with E-state index in [-0.39, 0.29) is 6.61 Å². The number of thiazole rings is 1. The van der Waals surface area contributed by atoms with E-state index in [4.69, 9.17) is 9.84 Å². The average molecular weight is 199 g/mol. The fourth-order valence-electron chi connectivity index (χ4n) is 1.51. The zero-order chi connectivity index (χ0) is 9.10. The summed E-state index contributed by atoms with van der Waals surface area (Å²) in [6.45, 7) is 1.87. The largest absolute Gasteiger partial charge is 0.391 e. The molecule has 0 spiro atoms. The number of nitrogens with zero attached hydrogens (tertiary/aromatic N) is 1. The Hall–Kier alpha value is -0.450. The Kier molecular flexibility index (Phi) is 2.93. The molecule has 1 aromatic heterocycles. The smallest absolute Gasteiger partial charge is 0.0932 e. The normalized spacial score (nSPS) is 22.4. The van der Waals surface area contributed by atoms with Crippen LogP contribution in [-0.4, -0.2) is 23.3 Å². The van der Waals surface area contributed by atoms with E-state index in [0.29, 0.717) is 5.92 Å². The van der Waals surface area contributed by atoms with Crippen LogP contribution in [0.3, 0.4) is 0 Å². The lowest BCUT2D eigenvalue weighted by Gasteiger charge is -2.02. The van der Waals surface area contributed by atoms with Crippen molar-refractivity contribution in [3.63, 3.8) is 0 Å². The molecular formula is C9H13NO2S. The summed E-state index contributed by atoms with van der Waals surface area (Å²) in [6, 6.07) is 0. The molecule has 1 aliphatic heterocycles. The van der Waals surface area contributed by atoms with Crippen LogP contribution >= 0.6 is 11.3 Å². The Morgan fingerprint density at radius 3 is 3.23 bits per heavy atom. The maximum absolute atomic E-state index is 8.86. The Morgan fingerprint density at radius 1 is 1.69 bits per heavy atom. The van der Waals surface area contributed by atoms with E-state index in [2.05, 4.69) is 4.98 Å². The molecule has 1 N–H and O–H groups in total. The van der Waals surface area contributed by atoms with Crippen molar-refractivity contribution in [2.75, 3.05) is 13.2 Å². The minimum absolute atomic E-state index is 0.110. The maximum atomic E-state index is 8.86. The lowest BCUT2D eigenvalue weighted by molar-refractivity contribution is 0.186. The molecule has 0 bridgehead atoms. The van der Waals surface area contributed by atoms with Crippen molar-refractivity contribution >= 4 is 11.3 Å². The minimum atomic E-state index is 0.110. The molecule has 0 saturated carbocycles. The highest BCUT2D eigenvalue weighted by atomic mass is 32.1. The molecule has 2 heterocycles. The van der Waals surface area contributed by atoms with Crippen molar-refractivity contribution in [3.05, 3.63) is 16.1 Å². The predicted molar refractivity (Wildman–Crippen MR) is 50.7 cm³/mol. The second-order valence-electron chi connectivity index (χ2n) is 3.31. The van der Waals surface area contributed by atoms with Crippen LogP contribution in [0.5, 0.6) is 0 Å². The summed E-state index contributed by atoms with van der Waals surface area (Å²) in [4.78, 5) is 5.21. The van der Waals surface area contributed by atoms with Crippen LogP contribution in [0.25, 0.3) is 0 Å². The predicted octanol–water partition coefficient (Wildman–Crippen LogP) is 1.21. The van der Waals surface area contributed by atoms with Crippen LogP contribution < -0.4 is 0 Å². The number of aliphatic hydroxyl groups is 1. The number of hydrogen-bond acceptors (Lipinski definition) is 4. The highest BCUT2D eigenvalue weighted by Crippen LogP contribution is 2.21. The zero-order valence-electron chi connectivity index (χ0n) is 7.40. The number of ether oxygens (including phenoxy) is 1. The fraction of sp³-hybridized carbons (Fsp3) is 0.667. The third-order valence-corrected chi connectivity index (χ3v) is 3.25. The molecule has 2 rings (SSSR count). The van der Waals surface area contributed by atoms with E-state index < -0.39 is 0 Å². The summed E-state index contributed by atoms with van der Waals surface area (Å²) in [5.74, 6) is 0.637. The van der Waals surface area contributed by atoms with Crippen LogP contribution in [-0.2, 0) is 17.8 Å². The Morgan fingerprint density at radius 2 is 2.62 bits per heavy atom. The highest BCUT2D eigenvalue weighted by Gasteiger charge is 2.17. The van der Waals surface area contributed by atoms with E-state index in [1.165, 1.54) is 0 Å². The molecule has 0 aliphatic carbocycles. The maximum Gasteiger partial charge on any atom is 0.0932 e. The molecule has 4 heteroatoms. The standard InChI is InChI=1S/C9H13NO2S/c11-5-8-4-10-9(13-8)3-7-1-2-12-6-7/h4,7,11H,1-3,5-6H2. The third-order valence-electron chi connectivity index (χ3n) is 2.24. The van der Waals surface area contributed by atoms with Gasteiger partial charge in [0.2, 0.25) is 0 Å². The van der Waals surface area contributed by atoms with Crippen LogP contribution in [0.1, 0.15) is 16.3 Å². The van der Waals surface area contributed by atoms with E-state index >= 15 is 0 Å². The van der Waals surface area contributed by atoms with Gasteiger partial charge < -0.3 is 9.84 Å². The summed E-state index contributed by atoms with van der Waals surface area (Å²) in [6.07, 6.45) is 3.91. The van der Waals surface area contributed by atoms with Gasteiger partial charge in [-0.15, -0.1) is 11.3 Å². The SMILES string of the molecule is OCc1cnc(CC2CCOC2)s1. The van der Waals surface area contributed by atoms with Gasteiger partial charge in [0.05, 0.1) is 16.5 Å². The molecule has 1 unspecified atom stereocenters. The van der Waals surface area contributed by atoms with Crippen LogP contribution in [0.15, 0.2) is 6.20 Å². The van der Waals surface area contributed by atoms with E-state index in [1.807, 2.05) is 0 Å². The van der Waals surface area contributed by atoms with Gasteiger partial charge in [-0.1, -0.05) is 0 Å². The minimum Gasteiger partial charge on any atom is -0.391 e. The van der Waals surface area contributed by atoms with Crippen LogP contribution in [0.2, 0.25) is 0 Å². The van der Waals surface area contributed by atoms with Crippen LogP contribution in [0, 0.1) is 5.92 Å². The number of hydrogen-bond donors (Lipinski definition) is 1. The molecule has 0 aromatic carbocycles. The molecule has 72 valence electrons. The molecule has 1 aromatic rings. The van der Waals surface area contributed by atoms with Gasteiger partial charge in [-0.2, -0.15) is 0 Å². The van der Waals surface area contributed by atoms with Gasteiger partial charge in [-0.3, -0.25) is 0 Å². The molecule has 1 saturated heterocycles. The van der Waals surface area contributed by atoms with Gasteiger partial charge in [0.1, 0.15) is 0 Å². The lowest BCUT2D eigenvalue weighted by atomic mass is 10.1. The summed E-state index contributed by atoms with van der Waals surface area (Å²) < 4.78 is 5.29. The molecule has 0 amide bonds. The van der Waals surface area contributed by atoms with Gasteiger partial charge in [-0.25, -0.2) is 4.98 Å². The van der Waals surface area contributed by atoms with Gasteiger partial charge in [0.25, 0.3) is 0 Å². The fourth-order valence-corrected chi connectivity index (χ4v) is 2.40. The van der Waals surface area contributed by atoms with Gasteiger partial charge >= 0.3 is 0 Å². The lowest BCUT2D eigenvalue weighted by Crippen LogP contribution is -2.02. The molecule has 3 nitrogen and oxygen atoms in total. The van der Waals surface area contributed by atoms with Crippen molar-refractivity contribution < 1.29 is 9.84 Å². The average Bonchev–Trinajstić information content (AvgIpc) is 2.76. The number of aliphatic hydroxyl groups excluding tert-OH is 1. The molecule has 0 radical (unpaired) electrons. The molecule has 1 fully saturated rings. The molecule has 1 atom stereocenters. The van der Waals surface area contributed by atoms with Gasteiger partial charge in [0, 0.05) is 25.8 Å². The van der Waals surface area contributed by atoms with Crippen molar-refractivity contribution in [3.8, 4) is 0 Å². The summed E-state index contributed by atoms with van der Waals surface area (Å²) in [5, 5.41) is 9.98. The molecular weight excluding hydrogens is 186 g/mol. The second-order valence-corrected chi connectivity index (χ2v) is 4.51. The molecule has 13 heavy (non-hydrogen) atoms. The summed E-state index contributed by atoms with van der Waals surface area (Å²) in [5.41, 5.74) is 0. The van der Waals surface area contributed by atoms with Crippen molar-refractivity contribution in [2.24, 2.45) is 5.92 Å². The number of aromatic nitrogens is 1. The first-order valence-corrected chi connectivity index (χ1v) is 5.32. The first-order valence-electron chi connectivity index (χ1n) is 4.50. The highest BCUT2D eigenvalue weighted by molar-refractivity contribution is 7.11. The quantitative estimate of drug-likeness (QED) is 0.795. The summed E-state index contributed by atoms with van der Waals surface area (Å²) in [7, 11) is 0. The van der Waals surface area contributed by atoms with E-state index in [0.717, 1.165) is 35.9 Å². The monoisotopic (exact) mass is 199 g/mol. The second kappa shape index (κ2) is 4.17. The van der Waals surface area contributed by atoms with Crippen molar-refractivity contribution in [2.45, 2.75) is 19.4 Å². The Bertz CT molecular complexity index is 268. The third kappa shape index (κ3) is 2.27. The van der Waals surface area contributed by atoms with Gasteiger partial charge in [-0.05, 0) is 12.3 Å². The first kappa shape index (κ1) is 9.12. The van der Waals surface area contributed by atoms with E-state index in [1.54, 1.807) is 17.5 Å². The van der Waals surface area contributed by atoms with Crippen molar-refractivity contribution in [1.82, 2.24) is 4.98 Å². The van der Waals surface area contributed by atoms with Gasteiger partial charge in [0.15, 0.2) is 0 Å². The van der Waals surface area contributed by atoms with Crippen molar-refractivity contribution in [1.29, 1.82) is 0 Å². The molecule has 1 aliphatic rings. The van der Waals surface area contributed by atoms with Crippen LogP contribution in [0.4, 0.5) is 0 Å². The van der Waals surface area contributed by atoms with E-state index in [9.17, 15) is 0 Å². The topological polar surface area (TPSA) is 42.4 Å².